The second-order valence-corrected chi connectivity index (χ2v) is 6.82. The van der Waals surface area contributed by atoms with Crippen molar-refractivity contribution in [3.05, 3.63) is 69.3 Å². The molecule has 0 amide bonds. The molecular weight excluding hydrogens is 291 g/mol. The minimum Gasteiger partial charge on any atom is -0.289 e. The van der Waals surface area contributed by atoms with Gasteiger partial charge in [0.2, 0.25) is 0 Å². The van der Waals surface area contributed by atoms with Gasteiger partial charge in [0, 0.05) is 11.1 Å². The Labute approximate surface area is 133 Å². The molecular formula is C19H21O2P. The number of hydrogen-bond acceptors (Lipinski definition) is 2. The van der Waals surface area contributed by atoms with Gasteiger partial charge in [-0.25, -0.2) is 0 Å². The van der Waals surface area contributed by atoms with E-state index in [0.29, 0.717) is 5.56 Å². The Morgan fingerprint density at radius 3 is 2.27 bits per heavy atom. The van der Waals surface area contributed by atoms with E-state index >= 15 is 0 Å². The zero-order chi connectivity index (χ0) is 16.4. The van der Waals surface area contributed by atoms with Crippen LogP contribution in [0.25, 0.3) is 0 Å². The Bertz CT molecular complexity index is 747. The van der Waals surface area contributed by atoms with Crippen LogP contribution in [0.1, 0.15) is 56.3 Å². The first kappa shape index (κ1) is 16.6. The molecule has 0 aliphatic heterocycles. The van der Waals surface area contributed by atoms with Crippen molar-refractivity contribution in [2.45, 2.75) is 40.3 Å². The summed E-state index contributed by atoms with van der Waals surface area (Å²) in [5.74, 6) is 0.0178. The quantitative estimate of drug-likeness (QED) is 0.551. The van der Waals surface area contributed by atoms with Crippen molar-refractivity contribution >= 4 is 14.2 Å². The maximum absolute atomic E-state index is 13.1. The van der Waals surface area contributed by atoms with Gasteiger partial charge in [0.15, 0.2) is 14.2 Å². The Kier molecular flexibility index (Phi) is 4.93. The normalized spacial score (nSPS) is 12.4. The average molecular weight is 312 g/mol. The first-order chi connectivity index (χ1) is 10.4. The van der Waals surface area contributed by atoms with Gasteiger partial charge in [-0.05, 0) is 62.4 Å². The lowest BCUT2D eigenvalue weighted by molar-refractivity contribution is 0.103. The van der Waals surface area contributed by atoms with Gasteiger partial charge in [-0.3, -0.25) is 9.36 Å². The number of hydrogen-bond donors (Lipinski definition) is 0. The summed E-state index contributed by atoms with van der Waals surface area (Å²) in [6, 6.07) is 9.51. The minimum absolute atomic E-state index is 0.0178. The number of aryl methyl sites for hydroxylation is 2. The molecule has 3 heteroatoms. The van der Waals surface area contributed by atoms with E-state index in [2.05, 4.69) is 13.0 Å². The Balaban J connectivity index is 2.64. The predicted molar refractivity (Wildman–Crippen MR) is 91.3 cm³/mol. The van der Waals surface area contributed by atoms with Crippen molar-refractivity contribution < 1.29 is 9.36 Å². The van der Waals surface area contributed by atoms with Gasteiger partial charge in [0.1, 0.15) is 0 Å². The monoisotopic (exact) mass is 312 g/mol. The van der Waals surface area contributed by atoms with Crippen molar-refractivity contribution in [1.82, 2.24) is 0 Å². The molecule has 2 aromatic carbocycles. The maximum Gasteiger partial charge on any atom is 0.193 e. The van der Waals surface area contributed by atoms with E-state index in [1.165, 1.54) is 5.56 Å². The van der Waals surface area contributed by atoms with Crippen molar-refractivity contribution in [1.29, 1.82) is 0 Å². The van der Waals surface area contributed by atoms with E-state index in [1.54, 1.807) is 0 Å². The maximum atomic E-state index is 13.1. The predicted octanol–water partition coefficient (Wildman–Crippen LogP) is 5.50. The first-order valence-corrected chi connectivity index (χ1v) is 8.30. The van der Waals surface area contributed by atoms with Gasteiger partial charge in [-0.15, -0.1) is 0 Å². The smallest absolute Gasteiger partial charge is 0.193 e. The number of ketones is 1. The molecule has 0 radical (unpaired) electrons. The molecule has 114 valence electrons. The largest absolute Gasteiger partial charge is 0.289 e. The lowest BCUT2D eigenvalue weighted by Gasteiger charge is -2.16. The van der Waals surface area contributed by atoms with Crippen LogP contribution in [0, 0.1) is 27.7 Å². The zero-order valence-electron chi connectivity index (χ0n) is 13.7. The van der Waals surface area contributed by atoms with Crippen molar-refractivity contribution in [3.63, 3.8) is 0 Å². The van der Waals surface area contributed by atoms with Gasteiger partial charge in [0.25, 0.3) is 0 Å². The average Bonchev–Trinajstić information content (AvgIpc) is 2.51. The zero-order valence-corrected chi connectivity index (χ0v) is 14.6. The van der Waals surface area contributed by atoms with Crippen LogP contribution < -0.4 is 0 Å². The van der Waals surface area contributed by atoms with E-state index in [1.807, 2.05) is 52.0 Å². The SMILES string of the molecule is Cc1cc(C)c(C(=O)c2ccccc2C(C)P=O)c(C)c1C. The van der Waals surface area contributed by atoms with E-state index < -0.39 is 0 Å². The lowest BCUT2D eigenvalue weighted by atomic mass is 9.88. The van der Waals surface area contributed by atoms with Crippen molar-refractivity contribution in [2.75, 3.05) is 0 Å². The molecule has 0 aliphatic rings. The van der Waals surface area contributed by atoms with Gasteiger partial charge >= 0.3 is 0 Å². The topological polar surface area (TPSA) is 34.1 Å². The Morgan fingerprint density at radius 1 is 1.00 bits per heavy atom. The Morgan fingerprint density at radius 2 is 1.64 bits per heavy atom. The fourth-order valence-corrected chi connectivity index (χ4v) is 3.23. The number of benzene rings is 2. The molecule has 2 rings (SSSR count). The van der Waals surface area contributed by atoms with E-state index in [-0.39, 0.29) is 19.9 Å². The highest BCUT2D eigenvalue weighted by Crippen LogP contribution is 2.32. The van der Waals surface area contributed by atoms with E-state index in [0.717, 1.165) is 27.8 Å². The van der Waals surface area contributed by atoms with Gasteiger partial charge < -0.3 is 0 Å². The van der Waals surface area contributed by atoms with Gasteiger partial charge in [0.05, 0.1) is 5.66 Å². The summed E-state index contributed by atoms with van der Waals surface area (Å²) in [6.07, 6.45) is 0. The molecule has 0 spiro atoms. The highest BCUT2D eigenvalue weighted by Gasteiger charge is 2.21. The summed E-state index contributed by atoms with van der Waals surface area (Å²) in [6.45, 7) is 9.95. The second-order valence-electron chi connectivity index (χ2n) is 5.83. The molecule has 0 N–H and O–H groups in total. The first-order valence-electron chi connectivity index (χ1n) is 7.42. The third-order valence-electron chi connectivity index (χ3n) is 4.40. The third kappa shape index (κ3) is 2.89. The standard InChI is InChI=1S/C19H21O2P/c1-11-10-12(2)18(14(4)13(11)3)19(20)17-9-7-6-8-16(17)15(5)22-21/h6-10,15H,1-5H3. The van der Waals surface area contributed by atoms with Crippen LogP contribution in [-0.4, -0.2) is 5.78 Å². The van der Waals surface area contributed by atoms with Crippen LogP contribution in [0.2, 0.25) is 0 Å². The number of carbonyl (C=O) groups is 1. The van der Waals surface area contributed by atoms with Gasteiger partial charge in [-0.2, -0.15) is 0 Å². The number of carbonyl (C=O) groups excluding carboxylic acids is 1. The summed E-state index contributed by atoms with van der Waals surface area (Å²) < 4.78 is 11.2. The molecule has 2 nitrogen and oxygen atoms in total. The van der Waals surface area contributed by atoms with Crippen LogP contribution in [0.4, 0.5) is 0 Å². The second kappa shape index (κ2) is 6.54. The fraction of sp³-hybridized carbons (Fsp3) is 0.316. The molecule has 0 heterocycles. The molecule has 0 aromatic heterocycles. The van der Waals surface area contributed by atoms with Crippen LogP contribution >= 0.6 is 8.46 Å². The van der Waals surface area contributed by atoms with Crippen molar-refractivity contribution in [3.8, 4) is 0 Å². The van der Waals surface area contributed by atoms with E-state index in [9.17, 15) is 9.36 Å². The Hall–Kier alpha value is -1.79. The van der Waals surface area contributed by atoms with Crippen LogP contribution in [-0.2, 0) is 4.57 Å². The molecule has 22 heavy (non-hydrogen) atoms. The molecule has 2 aromatic rings. The molecule has 0 aliphatic carbocycles. The molecule has 1 atom stereocenters. The third-order valence-corrected chi connectivity index (χ3v) is 4.99. The molecule has 0 bridgehead atoms. The highest BCUT2D eigenvalue weighted by atomic mass is 31.1. The lowest BCUT2D eigenvalue weighted by Crippen LogP contribution is -2.11. The summed E-state index contributed by atoms with van der Waals surface area (Å²) in [4.78, 5) is 13.1. The summed E-state index contributed by atoms with van der Waals surface area (Å²) >= 11 is 0. The molecule has 1 unspecified atom stereocenters. The van der Waals surface area contributed by atoms with E-state index in [4.69, 9.17) is 0 Å². The highest BCUT2D eigenvalue weighted by molar-refractivity contribution is 7.24. The van der Waals surface area contributed by atoms with Crippen LogP contribution in [0.5, 0.6) is 0 Å². The van der Waals surface area contributed by atoms with Gasteiger partial charge in [-0.1, -0.05) is 30.3 Å². The minimum atomic E-state index is -0.188. The summed E-state index contributed by atoms with van der Waals surface area (Å²) in [5.41, 5.74) is 6.44. The summed E-state index contributed by atoms with van der Waals surface area (Å²) in [7, 11) is 0.0301. The molecule has 0 fully saturated rings. The summed E-state index contributed by atoms with van der Waals surface area (Å²) in [5, 5.41) is 0. The molecule has 0 saturated carbocycles. The molecule has 0 saturated heterocycles. The van der Waals surface area contributed by atoms with Crippen molar-refractivity contribution in [2.24, 2.45) is 0 Å². The van der Waals surface area contributed by atoms with Crippen LogP contribution in [0.15, 0.2) is 30.3 Å². The van der Waals surface area contributed by atoms with Crippen LogP contribution in [0.3, 0.4) is 0 Å². The number of rotatable bonds is 4. The fourth-order valence-electron chi connectivity index (χ4n) is 2.89.